The van der Waals surface area contributed by atoms with E-state index in [1.165, 1.54) is 23.1 Å². The third kappa shape index (κ3) is 3.93. The van der Waals surface area contributed by atoms with Crippen molar-refractivity contribution in [3.8, 4) is 0 Å². The molecule has 0 aliphatic carbocycles. The molecule has 150 valence electrons. The summed E-state index contributed by atoms with van der Waals surface area (Å²) in [5, 5.41) is 13.5. The van der Waals surface area contributed by atoms with Gasteiger partial charge in [-0.15, -0.1) is 0 Å². The minimum absolute atomic E-state index is 0.129. The van der Waals surface area contributed by atoms with Gasteiger partial charge in [0, 0.05) is 23.0 Å². The number of rotatable bonds is 5. The van der Waals surface area contributed by atoms with E-state index in [-0.39, 0.29) is 11.4 Å². The first-order chi connectivity index (χ1) is 13.7. The standard InChI is InChI=1S/C20H20N4O5/c1-12-4-8-16(9-5-12)23-14(3)19(26)22(20(23)27)11-18(25)21-15-7-6-13(2)17(10-15)24(28)29/h4-10,14H,11H2,1-3H3,(H,21,25)/t14-/m0/s1. The molecule has 1 saturated heterocycles. The SMILES string of the molecule is Cc1ccc(N2C(=O)N(CC(=O)Nc3ccc(C)c([N+](=O)[O-])c3)C(=O)[C@@H]2C)cc1. The number of nitro benzene ring substituents is 1. The Bertz CT molecular complexity index is 1000. The Balaban J connectivity index is 1.74. The zero-order valence-corrected chi connectivity index (χ0v) is 16.2. The average molecular weight is 396 g/mol. The Labute approximate surface area is 167 Å². The van der Waals surface area contributed by atoms with Crippen LogP contribution in [-0.4, -0.2) is 40.3 Å². The number of imide groups is 1. The first-order valence-corrected chi connectivity index (χ1v) is 8.95. The second-order valence-corrected chi connectivity index (χ2v) is 6.90. The van der Waals surface area contributed by atoms with Crippen LogP contribution in [0, 0.1) is 24.0 Å². The Morgan fingerprint density at radius 1 is 1.14 bits per heavy atom. The second-order valence-electron chi connectivity index (χ2n) is 6.90. The highest BCUT2D eigenvalue weighted by Gasteiger charge is 2.44. The lowest BCUT2D eigenvalue weighted by Crippen LogP contribution is -2.39. The number of hydrogen-bond donors (Lipinski definition) is 1. The second kappa shape index (κ2) is 7.70. The molecule has 2 aromatic carbocycles. The van der Waals surface area contributed by atoms with E-state index in [1.807, 2.05) is 19.1 Å². The maximum atomic E-state index is 12.7. The van der Waals surface area contributed by atoms with Crippen LogP contribution in [-0.2, 0) is 9.59 Å². The van der Waals surface area contributed by atoms with E-state index in [0.29, 0.717) is 11.3 Å². The lowest BCUT2D eigenvalue weighted by molar-refractivity contribution is -0.385. The third-order valence-corrected chi connectivity index (χ3v) is 4.75. The lowest BCUT2D eigenvalue weighted by atomic mass is 10.2. The highest BCUT2D eigenvalue weighted by Crippen LogP contribution is 2.26. The predicted molar refractivity (Wildman–Crippen MR) is 107 cm³/mol. The van der Waals surface area contributed by atoms with E-state index in [9.17, 15) is 24.5 Å². The number of carbonyl (C=O) groups is 3. The average Bonchev–Trinajstić information content (AvgIpc) is 2.87. The van der Waals surface area contributed by atoms with Gasteiger partial charge in [-0.3, -0.25) is 29.5 Å². The summed E-state index contributed by atoms with van der Waals surface area (Å²) >= 11 is 0. The van der Waals surface area contributed by atoms with E-state index in [2.05, 4.69) is 5.32 Å². The van der Waals surface area contributed by atoms with Crippen LogP contribution in [0.1, 0.15) is 18.1 Å². The quantitative estimate of drug-likeness (QED) is 0.474. The van der Waals surface area contributed by atoms with E-state index in [0.717, 1.165) is 10.5 Å². The normalized spacial score (nSPS) is 16.3. The monoisotopic (exact) mass is 396 g/mol. The van der Waals surface area contributed by atoms with Crippen LogP contribution in [0.3, 0.4) is 0 Å². The molecule has 1 aliphatic rings. The van der Waals surface area contributed by atoms with Crippen molar-refractivity contribution in [2.24, 2.45) is 0 Å². The van der Waals surface area contributed by atoms with Crippen molar-refractivity contribution in [2.45, 2.75) is 26.8 Å². The molecule has 0 radical (unpaired) electrons. The van der Waals surface area contributed by atoms with Crippen LogP contribution in [0.4, 0.5) is 21.9 Å². The molecular formula is C20H20N4O5. The minimum atomic E-state index is -0.738. The van der Waals surface area contributed by atoms with Gasteiger partial charge in [-0.05, 0) is 39.0 Å². The van der Waals surface area contributed by atoms with Crippen molar-refractivity contribution < 1.29 is 19.3 Å². The molecule has 0 bridgehead atoms. The van der Waals surface area contributed by atoms with Crippen LogP contribution >= 0.6 is 0 Å². The summed E-state index contributed by atoms with van der Waals surface area (Å²) in [4.78, 5) is 50.4. The number of nitrogens with one attached hydrogen (secondary N) is 1. The molecule has 0 aromatic heterocycles. The van der Waals surface area contributed by atoms with Crippen molar-refractivity contribution in [1.82, 2.24) is 4.90 Å². The Hall–Kier alpha value is -3.75. The fourth-order valence-electron chi connectivity index (χ4n) is 3.14. The van der Waals surface area contributed by atoms with E-state index in [1.54, 1.807) is 26.0 Å². The number of nitrogens with zero attached hydrogens (tertiary/aromatic N) is 3. The van der Waals surface area contributed by atoms with Crippen LogP contribution in [0.25, 0.3) is 0 Å². The van der Waals surface area contributed by atoms with Crippen molar-refractivity contribution in [1.29, 1.82) is 0 Å². The van der Waals surface area contributed by atoms with Gasteiger partial charge in [0.2, 0.25) is 5.91 Å². The summed E-state index contributed by atoms with van der Waals surface area (Å²) < 4.78 is 0. The van der Waals surface area contributed by atoms with Gasteiger partial charge < -0.3 is 5.32 Å². The number of carbonyl (C=O) groups excluding carboxylic acids is 3. The van der Waals surface area contributed by atoms with E-state index in [4.69, 9.17) is 0 Å². The van der Waals surface area contributed by atoms with Crippen molar-refractivity contribution >= 4 is 34.9 Å². The lowest BCUT2D eigenvalue weighted by Gasteiger charge is -2.19. The molecule has 1 atom stereocenters. The van der Waals surface area contributed by atoms with Crippen LogP contribution < -0.4 is 10.2 Å². The summed E-state index contributed by atoms with van der Waals surface area (Å²) in [6.45, 7) is 4.62. The zero-order valence-electron chi connectivity index (χ0n) is 16.2. The van der Waals surface area contributed by atoms with Gasteiger partial charge in [-0.2, -0.15) is 0 Å². The maximum absolute atomic E-state index is 12.7. The molecule has 0 spiro atoms. The number of hydrogen-bond acceptors (Lipinski definition) is 5. The summed E-state index contributed by atoms with van der Waals surface area (Å²) in [5.41, 5.74) is 2.13. The van der Waals surface area contributed by atoms with Gasteiger partial charge in [-0.1, -0.05) is 23.8 Å². The van der Waals surface area contributed by atoms with E-state index >= 15 is 0 Å². The highest BCUT2D eigenvalue weighted by molar-refractivity contribution is 6.16. The van der Waals surface area contributed by atoms with Crippen LogP contribution in [0.5, 0.6) is 0 Å². The fourth-order valence-corrected chi connectivity index (χ4v) is 3.14. The van der Waals surface area contributed by atoms with Crippen LogP contribution in [0.2, 0.25) is 0 Å². The van der Waals surface area contributed by atoms with Gasteiger partial charge in [0.15, 0.2) is 0 Å². The largest absolute Gasteiger partial charge is 0.332 e. The first kappa shape index (κ1) is 20.0. The minimum Gasteiger partial charge on any atom is -0.324 e. The molecule has 1 N–H and O–H groups in total. The maximum Gasteiger partial charge on any atom is 0.332 e. The molecule has 4 amide bonds. The smallest absolute Gasteiger partial charge is 0.324 e. The van der Waals surface area contributed by atoms with Gasteiger partial charge in [0.05, 0.1) is 4.92 Å². The fraction of sp³-hybridized carbons (Fsp3) is 0.250. The van der Waals surface area contributed by atoms with Crippen molar-refractivity contribution in [2.75, 3.05) is 16.8 Å². The Morgan fingerprint density at radius 3 is 2.41 bits per heavy atom. The predicted octanol–water partition coefficient (Wildman–Crippen LogP) is 3.01. The molecule has 9 nitrogen and oxygen atoms in total. The van der Waals surface area contributed by atoms with Gasteiger partial charge >= 0.3 is 6.03 Å². The summed E-state index contributed by atoms with van der Waals surface area (Å²) in [7, 11) is 0. The van der Waals surface area contributed by atoms with Gasteiger partial charge in [-0.25, -0.2) is 4.79 Å². The molecule has 1 aliphatic heterocycles. The number of amides is 4. The van der Waals surface area contributed by atoms with Gasteiger partial charge in [0.1, 0.15) is 12.6 Å². The van der Waals surface area contributed by atoms with Crippen LogP contribution in [0.15, 0.2) is 42.5 Å². The van der Waals surface area contributed by atoms with Gasteiger partial charge in [0.25, 0.3) is 11.6 Å². The number of benzene rings is 2. The number of nitro groups is 1. The number of aryl methyl sites for hydroxylation is 2. The topological polar surface area (TPSA) is 113 Å². The van der Waals surface area contributed by atoms with Crippen molar-refractivity contribution in [3.63, 3.8) is 0 Å². The highest BCUT2D eigenvalue weighted by atomic mass is 16.6. The molecule has 1 heterocycles. The molecule has 29 heavy (non-hydrogen) atoms. The Kier molecular flexibility index (Phi) is 5.31. The molecular weight excluding hydrogens is 376 g/mol. The molecule has 0 saturated carbocycles. The Morgan fingerprint density at radius 2 is 1.79 bits per heavy atom. The van der Waals surface area contributed by atoms with Crippen molar-refractivity contribution in [3.05, 3.63) is 63.7 Å². The first-order valence-electron chi connectivity index (χ1n) is 8.95. The number of urea groups is 1. The zero-order chi connectivity index (χ0) is 21.3. The van der Waals surface area contributed by atoms with E-state index < -0.39 is 35.4 Å². The molecule has 2 aromatic rings. The molecule has 1 fully saturated rings. The molecule has 0 unspecified atom stereocenters. The summed E-state index contributed by atoms with van der Waals surface area (Å²) in [6, 6.07) is 10.1. The molecule has 9 heteroatoms. The summed E-state index contributed by atoms with van der Waals surface area (Å²) in [5.74, 6) is -1.11. The third-order valence-electron chi connectivity index (χ3n) is 4.75. The summed E-state index contributed by atoms with van der Waals surface area (Å²) in [6.07, 6.45) is 0. The molecule has 3 rings (SSSR count). The number of anilines is 2.